The molecule has 0 atom stereocenters. The first-order valence-corrected chi connectivity index (χ1v) is 6.17. The Bertz CT molecular complexity index is 623. The summed E-state index contributed by atoms with van der Waals surface area (Å²) in [5, 5.41) is 16.3. The van der Waals surface area contributed by atoms with Crippen LogP contribution in [0.5, 0.6) is 0 Å². The van der Waals surface area contributed by atoms with Crippen LogP contribution in [-0.4, -0.2) is 17.0 Å². The van der Waals surface area contributed by atoms with Crippen molar-refractivity contribution >= 4 is 29.1 Å². The standard InChI is InChI=1S/C12H9N3O3S/c16-12(11-6-3-7-19-11)14-13-8-9-4-1-2-5-10(9)15(17)18/h1-8H,(H,14,16). The number of nitro groups is 1. The van der Waals surface area contributed by atoms with Crippen LogP contribution < -0.4 is 5.43 Å². The topological polar surface area (TPSA) is 84.6 Å². The number of benzene rings is 1. The predicted octanol–water partition coefficient (Wildman–Crippen LogP) is 2.42. The number of nitrogens with zero attached hydrogens (tertiary/aromatic N) is 2. The smallest absolute Gasteiger partial charge is 0.266 e. The monoisotopic (exact) mass is 275 g/mol. The first-order chi connectivity index (χ1) is 9.18. The number of hydrazone groups is 1. The number of carbonyl (C=O) groups is 1. The van der Waals surface area contributed by atoms with Crippen molar-refractivity contribution in [1.29, 1.82) is 0 Å². The lowest BCUT2D eigenvalue weighted by Gasteiger charge is -1.97. The molecule has 0 saturated heterocycles. The fourth-order valence-corrected chi connectivity index (χ4v) is 2.00. The van der Waals surface area contributed by atoms with Gasteiger partial charge in [-0.1, -0.05) is 18.2 Å². The van der Waals surface area contributed by atoms with Crippen LogP contribution in [0.15, 0.2) is 46.9 Å². The summed E-state index contributed by atoms with van der Waals surface area (Å²) in [4.78, 5) is 22.4. The summed E-state index contributed by atoms with van der Waals surface area (Å²) in [6.07, 6.45) is 1.25. The maximum atomic E-state index is 11.6. The molecule has 7 heteroatoms. The number of para-hydroxylation sites is 1. The molecule has 0 fully saturated rings. The lowest BCUT2D eigenvalue weighted by molar-refractivity contribution is -0.385. The molecule has 0 aliphatic heterocycles. The highest BCUT2D eigenvalue weighted by Crippen LogP contribution is 2.15. The molecule has 1 amide bonds. The van der Waals surface area contributed by atoms with Crippen LogP contribution in [0, 0.1) is 10.1 Å². The minimum Gasteiger partial charge on any atom is -0.266 e. The first kappa shape index (κ1) is 12.9. The lowest BCUT2D eigenvalue weighted by atomic mass is 10.2. The number of rotatable bonds is 4. The van der Waals surface area contributed by atoms with Crippen molar-refractivity contribution in [2.75, 3.05) is 0 Å². The molecule has 0 bridgehead atoms. The van der Waals surface area contributed by atoms with E-state index in [9.17, 15) is 14.9 Å². The van der Waals surface area contributed by atoms with Gasteiger partial charge in [0.15, 0.2) is 0 Å². The molecule has 0 radical (unpaired) electrons. The van der Waals surface area contributed by atoms with Gasteiger partial charge in [-0.3, -0.25) is 14.9 Å². The third-order valence-corrected chi connectivity index (χ3v) is 3.12. The van der Waals surface area contributed by atoms with E-state index >= 15 is 0 Å². The molecular weight excluding hydrogens is 266 g/mol. The minimum absolute atomic E-state index is 0.0587. The molecule has 0 aliphatic carbocycles. The second-order valence-electron chi connectivity index (χ2n) is 3.49. The molecule has 2 aromatic rings. The molecule has 1 heterocycles. The van der Waals surface area contributed by atoms with E-state index < -0.39 is 4.92 Å². The zero-order valence-electron chi connectivity index (χ0n) is 9.65. The van der Waals surface area contributed by atoms with Crippen LogP contribution in [0.25, 0.3) is 0 Å². The van der Waals surface area contributed by atoms with Gasteiger partial charge in [0.1, 0.15) is 0 Å². The number of hydrogen-bond acceptors (Lipinski definition) is 5. The van der Waals surface area contributed by atoms with Crippen molar-refractivity contribution < 1.29 is 9.72 Å². The summed E-state index contributed by atoms with van der Waals surface area (Å²) < 4.78 is 0. The maximum Gasteiger partial charge on any atom is 0.281 e. The van der Waals surface area contributed by atoms with Gasteiger partial charge in [0.25, 0.3) is 11.6 Å². The quantitative estimate of drug-likeness (QED) is 0.528. The van der Waals surface area contributed by atoms with Crippen LogP contribution in [0.2, 0.25) is 0 Å². The molecule has 0 saturated carbocycles. The molecule has 0 unspecified atom stereocenters. The van der Waals surface area contributed by atoms with Gasteiger partial charge in [-0.2, -0.15) is 5.10 Å². The summed E-state index contributed by atoms with van der Waals surface area (Å²) in [6.45, 7) is 0. The van der Waals surface area contributed by atoms with E-state index in [2.05, 4.69) is 10.5 Å². The van der Waals surface area contributed by atoms with E-state index in [1.807, 2.05) is 0 Å². The van der Waals surface area contributed by atoms with E-state index in [0.717, 1.165) is 0 Å². The summed E-state index contributed by atoms with van der Waals surface area (Å²) >= 11 is 1.29. The van der Waals surface area contributed by atoms with Crippen molar-refractivity contribution in [2.24, 2.45) is 5.10 Å². The summed E-state index contributed by atoms with van der Waals surface area (Å²) in [5.41, 5.74) is 2.59. The Labute approximate surface area is 112 Å². The fraction of sp³-hybridized carbons (Fsp3) is 0. The largest absolute Gasteiger partial charge is 0.281 e. The highest BCUT2D eigenvalue weighted by Gasteiger charge is 2.10. The van der Waals surface area contributed by atoms with Gasteiger partial charge >= 0.3 is 0 Å². The number of carbonyl (C=O) groups excluding carboxylic acids is 1. The number of amides is 1. The Morgan fingerprint density at radius 1 is 1.32 bits per heavy atom. The Morgan fingerprint density at radius 3 is 2.79 bits per heavy atom. The molecule has 0 aliphatic rings. The molecule has 6 nitrogen and oxygen atoms in total. The SMILES string of the molecule is O=C(NN=Cc1ccccc1[N+](=O)[O-])c1cccs1. The second-order valence-corrected chi connectivity index (χ2v) is 4.44. The van der Waals surface area contributed by atoms with Crippen LogP contribution in [-0.2, 0) is 0 Å². The second kappa shape index (κ2) is 5.87. The highest BCUT2D eigenvalue weighted by molar-refractivity contribution is 7.12. The fourth-order valence-electron chi connectivity index (χ4n) is 1.39. The van der Waals surface area contributed by atoms with Crippen LogP contribution >= 0.6 is 11.3 Å². The Kier molecular flexibility index (Phi) is 3.99. The highest BCUT2D eigenvalue weighted by atomic mass is 32.1. The normalized spacial score (nSPS) is 10.5. The third-order valence-electron chi connectivity index (χ3n) is 2.25. The minimum atomic E-state index is -0.498. The van der Waals surface area contributed by atoms with Gasteiger partial charge in [0.05, 0.1) is 21.6 Å². The number of nitro benzene ring substituents is 1. The Hall–Kier alpha value is -2.54. The average molecular weight is 275 g/mol. The zero-order valence-corrected chi connectivity index (χ0v) is 10.5. The number of nitrogens with one attached hydrogen (secondary N) is 1. The lowest BCUT2D eigenvalue weighted by Crippen LogP contribution is -2.16. The van der Waals surface area contributed by atoms with E-state index in [4.69, 9.17) is 0 Å². The van der Waals surface area contributed by atoms with Gasteiger partial charge in [-0.25, -0.2) is 5.43 Å². The van der Waals surface area contributed by atoms with E-state index in [1.54, 1.807) is 35.7 Å². The van der Waals surface area contributed by atoms with Gasteiger partial charge < -0.3 is 0 Å². The van der Waals surface area contributed by atoms with Crippen molar-refractivity contribution in [3.05, 3.63) is 62.3 Å². The average Bonchev–Trinajstić information content (AvgIpc) is 2.93. The number of hydrogen-bond donors (Lipinski definition) is 1. The molecule has 1 aromatic carbocycles. The van der Waals surface area contributed by atoms with E-state index in [0.29, 0.717) is 10.4 Å². The van der Waals surface area contributed by atoms with Crippen molar-refractivity contribution in [3.8, 4) is 0 Å². The van der Waals surface area contributed by atoms with Gasteiger partial charge in [-0.15, -0.1) is 11.3 Å². The molecular formula is C12H9N3O3S. The zero-order chi connectivity index (χ0) is 13.7. The van der Waals surface area contributed by atoms with Crippen molar-refractivity contribution in [2.45, 2.75) is 0 Å². The van der Waals surface area contributed by atoms with Crippen molar-refractivity contribution in [1.82, 2.24) is 5.43 Å². The van der Waals surface area contributed by atoms with E-state index in [-0.39, 0.29) is 11.6 Å². The van der Waals surface area contributed by atoms with Gasteiger partial charge in [0.2, 0.25) is 0 Å². The molecule has 2 rings (SSSR count). The van der Waals surface area contributed by atoms with Crippen molar-refractivity contribution in [3.63, 3.8) is 0 Å². The Morgan fingerprint density at radius 2 is 2.11 bits per heavy atom. The van der Waals surface area contributed by atoms with Crippen LogP contribution in [0.3, 0.4) is 0 Å². The molecule has 0 spiro atoms. The van der Waals surface area contributed by atoms with Gasteiger partial charge in [-0.05, 0) is 17.5 Å². The summed E-state index contributed by atoms with van der Waals surface area (Å²) in [7, 11) is 0. The van der Waals surface area contributed by atoms with Crippen LogP contribution in [0.4, 0.5) is 5.69 Å². The van der Waals surface area contributed by atoms with E-state index in [1.165, 1.54) is 23.6 Å². The molecule has 1 N–H and O–H groups in total. The van der Waals surface area contributed by atoms with Gasteiger partial charge in [0, 0.05) is 6.07 Å². The third kappa shape index (κ3) is 3.23. The predicted molar refractivity (Wildman–Crippen MR) is 72.5 cm³/mol. The number of thiophene rings is 1. The Balaban J connectivity index is 2.07. The summed E-state index contributed by atoms with van der Waals surface area (Å²) in [6, 6.07) is 9.59. The summed E-state index contributed by atoms with van der Waals surface area (Å²) in [5.74, 6) is -0.343. The maximum absolute atomic E-state index is 11.6. The molecule has 1 aromatic heterocycles. The molecule has 96 valence electrons. The first-order valence-electron chi connectivity index (χ1n) is 5.29. The molecule has 19 heavy (non-hydrogen) atoms. The van der Waals surface area contributed by atoms with Crippen LogP contribution in [0.1, 0.15) is 15.2 Å².